The van der Waals surface area contributed by atoms with Crippen LogP contribution in [0.3, 0.4) is 0 Å². The Morgan fingerprint density at radius 3 is 2.33 bits per heavy atom. The largest absolute Gasteiger partial charge is 0.508 e. The molecule has 0 aliphatic heterocycles. The normalized spacial score (nSPS) is 9.73. The monoisotopic (exact) mass is 208 g/mol. The molecule has 0 atom stereocenters. The third-order valence-electron chi connectivity index (χ3n) is 1.91. The van der Waals surface area contributed by atoms with Crippen molar-refractivity contribution in [1.82, 2.24) is 4.90 Å². The summed E-state index contributed by atoms with van der Waals surface area (Å²) in [7, 11) is 3.14. The van der Waals surface area contributed by atoms with Gasteiger partial charge in [-0.15, -0.1) is 0 Å². The zero-order valence-corrected chi connectivity index (χ0v) is 8.52. The smallest absolute Gasteiger partial charge is 0.254 e. The van der Waals surface area contributed by atoms with Crippen molar-refractivity contribution in [2.45, 2.75) is 0 Å². The Morgan fingerprint density at radius 2 is 1.87 bits per heavy atom. The summed E-state index contributed by atoms with van der Waals surface area (Å²) >= 11 is 0. The summed E-state index contributed by atoms with van der Waals surface area (Å²) in [5.41, 5.74) is 5.31. The van der Waals surface area contributed by atoms with Gasteiger partial charge in [0.1, 0.15) is 5.75 Å². The minimum Gasteiger partial charge on any atom is -0.508 e. The van der Waals surface area contributed by atoms with Crippen molar-refractivity contribution in [3.05, 3.63) is 29.3 Å². The summed E-state index contributed by atoms with van der Waals surface area (Å²) in [4.78, 5) is 24.0. The fraction of sp³-hybridized carbons (Fsp3) is 0.200. The molecule has 0 bridgehead atoms. The van der Waals surface area contributed by atoms with Crippen molar-refractivity contribution < 1.29 is 14.7 Å². The van der Waals surface area contributed by atoms with E-state index >= 15 is 0 Å². The molecule has 3 N–H and O–H groups in total. The number of phenolic OH excluding ortho intramolecular Hbond substituents is 1. The van der Waals surface area contributed by atoms with Crippen LogP contribution in [0.15, 0.2) is 18.2 Å². The summed E-state index contributed by atoms with van der Waals surface area (Å²) < 4.78 is 0. The first-order chi connectivity index (χ1) is 6.93. The van der Waals surface area contributed by atoms with Crippen LogP contribution in [0.2, 0.25) is 0 Å². The SMILES string of the molecule is CN(C)C(=O)c1ccc(O)cc1C(N)=O. The van der Waals surface area contributed by atoms with E-state index in [0.29, 0.717) is 0 Å². The molecule has 1 aromatic rings. The number of aromatic hydroxyl groups is 1. The number of carbonyl (C=O) groups is 2. The molecule has 0 unspecified atom stereocenters. The fourth-order valence-electron chi connectivity index (χ4n) is 1.16. The number of phenols is 1. The lowest BCUT2D eigenvalue weighted by Gasteiger charge is -2.12. The van der Waals surface area contributed by atoms with Crippen LogP contribution >= 0.6 is 0 Å². The molecule has 0 aliphatic rings. The molecule has 0 saturated carbocycles. The Hall–Kier alpha value is -2.04. The standard InChI is InChI=1S/C10H12N2O3/c1-12(2)10(15)7-4-3-6(13)5-8(7)9(11)14/h3-5,13H,1-2H3,(H2,11,14). The van der Waals surface area contributed by atoms with Crippen LogP contribution in [0.4, 0.5) is 0 Å². The molecule has 1 rings (SSSR count). The lowest BCUT2D eigenvalue weighted by molar-refractivity contribution is 0.0820. The predicted octanol–water partition coefficient (Wildman–Crippen LogP) is 0.193. The second-order valence-electron chi connectivity index (χ2n) is 3.29. The fourth-order valence-corrected chi connectivity index (χ4v) is 1.16. The second kappa shape index (κ2) is 4.00. The average molecular weight is 208 g/mol. The van der Waals surface area contributed by atoms with Gasteiger partial charge in [0.05, 0.1) is 11.1 Å². The van der Waals surface area contributed by atoms with Crippen LogP contribution < -0.4 is 5.73 Å². The number of nitrogens with two attached hydrogens (primary N) is 1. The quantitative estimate of drug-likeness (QED) is 0.727. The maximum absolute atomic E-state index is 11.6. The highest BCUT2D eigenvalue weighted by Crippen LogP contribution is 2.17. The van der Waals surface area contributed by atoms with Gasteiger partial charge >= 0.3 is 0 Å². The molecule has 80 valence electrons. The molecule has 0 aliphatic carbocycles. The van der Waals surface area contributed by atoms with Crippen LogP contribution in [-0.4, -0.2) is 35.9 Å². The van der Waals surface area contributed by atoms with Gasteiger partial charge in [0.25, 0.3) is 5.91 Å². The van der Waals surface area contributed by atoms with Gasteiger partial charge < -0.3 is 15.7 Å². The van der Waals surface area contributed by atoms with Crippen molar-refractivity contribution in [3.63, 3.8) is 0 Å². The predicted molar refractivity (Wildman–Crippen MR) is 54.6 cm³/mol. The third-order valence-corrected chi connectivity index (χ3v) is 1.91. The van der Waals surface area contributed by atoms with E-state index in [-0.39, 0.29) is 22.8 Å². The molecule has 0 spiro atoms. The van der Waals surface area contributed by atoms with Gasteiger partial charge in [-0.1, -0.05) is 0 Å². The average Bonchev–Trinajstić information content (AvgIpc) is 2.16. The number of amides is 2. The van der Waals surface area contributed by atoms with Crippen molar-refractivity contribution in [2.75, 3.05) is 14.1 Å². The molecule has 5 heteroatoms. The lowest BCUT2D eigenvalue weighted by Crippen LogP contribution is -2.25. The molecule has 0 saturated heterocycles. The zero-order chi connectivity index (χ0) is 11.6. The Bertz CT molecular complexity index is 413. The first-order valence-electron chi connectivity index (χ1n) is 4.28. The summed E-state index contributed by atoms with van der Waals surface area (Å²) in [6.07, 6.45) is 0. The molecule has 0 aromatic heterocycles. The maximum atomic E-state index is 11.6. The summed E-state index contributed by atoms with van der Waals surface area (Å²) in [5, 5.41) is 9.17. The van der Waals surface area contributed by atoms with Gasteiger partial charge in [0.15, 0.2) is 0 Å². The van der Waals surface area contributed by atoms with E-state index in [1.165, 1.54) is 23.1 Å². The topological polar surface area (TPSA) is 83.6 Å². The highest BCUT2D eigenvalue weighted by Gasteiger charge is 2.16. The number of hydrogen-bond acceptors (Lipinski definition) is 3. The van der Waals surface area contributed by atoms with Crippen molar-refractivity contribution in [1.29, 1.82) is 0 Å². The number of primary amides is 1. The highest BCUT2D eigenvalue weighted by molar-refractivity contribution is 6.06. The van der Waals surface area contributed by atoms with E-state index in [2.05, 4.69) is 0 Å². The van der Waals surface area contributed by atoms with Crippen molar-refractivity contribution in [3.8, 4) is 5.75 Å². The molecule has 0 fully saturated rings. The van der Waals surface area contributed by atoms with Gasteiger partial charge in [-0.2, -0.15) is 0 Å². The van der Waals surface area contributed by atoms with Gasteiger partial charge in [-0.05, 0) is 18.2 Å². The van der Waals surface area contributed by atoms with Crippen LogP contribution in [0.1, 0.15) is 20.7 Å². The van der Waals surface area contributed by atoms with Gasteiger partial charge in [-0.3, -0.25) is 9.59 Å². The number of benzene rings is 1. The minimum absolute atomic E-state index is 0.0219. The Labute approximate surface area is 87.1 Å². The first-order valence-corrected chi connectivity index (χ1v) is 4.28. The summed E-state index contributed by atoms with van der Waals surface area (Å²) in [5.74, 6) is -1.17. The van der Waals surface area contributed by atoms with E-state index in [1.54, 1.807) is 14.1 Å². The molecular weight excluding hydrogens is 196 g/mol. The molecule has 1 aromatic carbocycles. The first kappa shape index (κ1) is 11.0. The van der Waals surface area contributed by atoms with Gasteiger partial charge in [-0.25, -0.2) is 0 Å². The molecule has 0 heterocycles. The Balaban J connectivity index is 3.29. The lowest BCUT2D eigenvalue weighted by atomic mass is 10.1. The van der Waals surface area contributed by atoms with E-state index in [0.717, 1.165) is 0 Å². The van der Waals surface area contributed by atoms with Crippen LogP contribution in [-0.2, 0) is 0 Å². The molecular formula is C10H12N2O3. The van der Waals surface area contributed by atoms with E-state index in [4.69, 9.17) is 5.73 Å². The van der Waals surface area contributed by atoms with Gasteiger partial charge in [0.2, 0.25) is 5.91 Å². The third kappa shape index (κ3) is 2.25. The van der Waals surface area contributed by atoms with Crippen LogP contribution in [0.5, 0.6) is 5.75 Å². The summed E-state index contributed by atoms with van der Waals surface area (Å²) in [6.45, 7) is 0. The molecule has 2 amide bonds. The van der Waals surface area contributed by atoms with Crippen LogP contribution in [0.25, 0.3) is 0 Å². The number of carbonyl (C=O) groups excluding carboxylic acids is 2. The number of rotatable bonds is 2. The van der Waals surface area contributed by atoms with E-state index in [1.807, 2.05) is 0 Å². The highest BCUT2D eigenvalue weighted by atomic mass is 16.3. The number of nitrogens with zero attached hydrogens (tertiary/aromatic N) is 1. The van der Waals surface area contributed by atoms with E-state index < -0.39 is 5.91 Å². The van der Waals surface area contributed by atoms with E-state index in [9.17, 15) is 14.7 Å². The maximum Gasteiger partial charge on any atom is 0.254 e. The molecule has 15 heavy (non-hydrogen) atoms. The Kier molecular flexibility index (Phi) is 2.94. The van der Waals surface area contributed by atoms with Crippen molar-refractivity contribution in [2.24, 2.45) is 5.73 Å². The number of hydrogen-bond donors (Lipinski definition) is 2. The summed E-state index contributed by atoms with van der Waals surface area (Å²) in [6, 6.07) is 3.89. The second-order valence-corrected chi connectivity index (χ2v) is 3.29. The molecule has 5 nitrogen and oxygen atoms in total. The zero-order valence-electron chi connectivity index (χ0n) is 8.52. The van der Waals surface area contributed by atoms with Gasteiger partial charge in [0, 0.05) is 14.1 Å². The molecule has 0 radical (unpaired) electrons. The van der Waals surface area contributed by atoms with Crippen LogP contribution in [0, 0.1) is 0 Å². The Morgan fingerprint density at radius 1 is 1.27 bits per heavy atom. The minimum atomic E-state index is -0.740. The van der Waals surface area contributed by atoms with Crippen molar-refractivity contribution >= 4 is 11.8 Å².